The van der Waals surface area contributed by atoms with Gasteiger partial charge in [-0.1, -0.05) is 13.8 Å². The zero-order chi connectivity index (χ0) is 12.2. The molecule has 92 valence electrons. The average Bonchev–Trinajstić information content (AvgIpc) is 2.49. The number of hydrogen-bond donors (Lipinski definition) is 0. The van der Waals surface area contributed by atoms with E-state index in [1.54, 1.807) is 16.9 Å². The first-order chi connectivity index (χ1) is 7.37. The quantitative estimate of drug-likeness (QED) is 0.785. The lowest BCUT2D eigenvalue weighted by Gasteiger charge is -2.06. The summed E-state index contributed by atoms with van der Waals surface area (Å²) in [4.78, 5) is 0. The van der Waals surface area contributed by atoms with Gasteiger partial charge < -0.3 is 4.74 Å². The highest BCUT2D eigenvalue weighted by molar-refractivity contribution is 4.97. The molecule has 1 rings (SSSR count). The van der Waals surface area contributed by atoms with Crippen molar-refractivity contribution in [3.05, 3.63) is 18.0 Å². The maximum absolute atomic E-state index is 11.8. The van der Waals surface area contributed by atoms with Crippen LogP contribution in [0.5, 0.6) is 0 Å². The second-order valence-corrected chi connectivity index (χ2v) is 4.03. The molecule has 0 fully saturated rings. The second-order valence-electron chi connectivity index (χ2n) is 4.03. The van der Waals surface area contributed by atoms with Crippen LogP contribution in [-0.4, -0.2) is 22.6 Å². The number of alkyl halides is 3. The van der Waals surface area contributed by atoms with Gasteiger partial charge >= 0.3 is 6.18 Å². The normalized spacial score (nSPS) is 12.4. The smallest absolute Gasteiger partial charge is 0.366 e. The van der Waals surface area contributed by atoms with Crippen LogP contribution >= 0.6 is 0 Å². The van der Waals surface area contributed by atoms with E-state index >= 15 is 0 Å². The van der Waals surface area contributed by atoms with Crippen LogP contribution in [0.4, 0.5) is 13.2 Å². The van der Waals surface area contributed by atoms with E-state index in [9.17, 15) is 13.2 Å². The zero-order valence-corrected chi connectivity index (χ0v) is 9.29. The first kappa shape index (κ1) is 13.0. The maximum Gasteiger partial charge on any atom is 0.411 e. The van der Waals surface area contributed by atoms with Crippen molar-refractivity contribution in [2.24, 2.45) is 5.92 Å². The summed E-state index contributed by atoms with van der Waals surface area (Å²) in [5.74, 6) is 0.448. The van der Waals surface area contributed by atoms with Crippen LogP contribution < -0.4 is 0 Å². The number of aromatic nitrogens is 2. The summed E-state index contributed by atoms with van der Waals surface area (Å²) in [5, 5.41) is 4.09. The zero-order valence-electron chi connectivity index (χ0n) is 9.29. The molecule has 0 atom stereocenters. The van der Waals surface area contributed by atoms with E-state index in [-0.39, 0.29) is 6.61 Å². The molecular formula is C10H15F3N2O. The van der Waals surface area contributed by atoms with Gasteiger partial charge in [0.25, 0.3) is 0 Å². The summed E-state index contributed by atoms with van der Waals surface area (Å²) in [5.41, 5.74) is 0.518. The van der Waals surface area contributed by atoms with E-state index in [0.717, 1.165) is 6.54 Å². The minimum atomic E-state index is -4.28. The second kappa shape index (κ2) is 5.34. The van der Waals surface area contributed by atoms with Crippen molar-refractivity contribution < 1.29 is 17.9 Å². The molecule has 16 heavy (non-hydrogen) atoms. The van der Waals surface area contributed by atoms with E-state index in [4.69, 9.17) is 0 Å². The highest BCUT2D eigenvalue weighted by Gasteiger charge is 2.27. The van der Waals surface area contributed by atoms with Gasteiger partial charge in [0.2, 0.25) is 0 Å². The molecule has 0 spiro atoms. The SMILES string of the molecule is CC(C)Cn1ccc(COCC(F)(F)F)n1. The summed E-state index contributed by atoms with van der Waals surface area (Å²) in [6.07, 6.45) is -2.53. The van der Waals surface area contributed by atoms with Crippen molar-refractivity contribution in [3.63, 3.8) is 0 Å². The fourth-order valence-corrected chi connectivity index (χ4v) is 1.23. The molecule has 0 saturated heterocycles. The lowest BCUT2D eigenvalue weighted by molar-refractivity contribution is -0.176. The summed E-state index contributed by atoms with van der Waals surface area (Å²) >= 11 is 0. The molecule has 1 aromatic heterocycles. The summed E-state index contributed by atoms with van der Waals surface area (Å²) in [6, 6.07) is 1.67. The van der Waals surface area contributed by atoms with Crippen molar-refractivity contribution in [1.29, 1.82) is 0 Å². The molecular weight excluding hydrogens is 221 g/mol. The van der Waals surface area contributed by atoms with Gasteiger partial charge in [-0.15, -0.1) is 0 Å². The van der Waals surface area contributed by atoms with Crippen LogP contribution in [0, 0.1) is 5.92 Å². The number of ether oxygens (including phenoxy) is 1. The Morgan fingerprint density at radius 2 is 2.12 bits per heavy atom. The van der Waals surface area contributed by atoms with E-state index in [2.05, 4.69) is 9.84 Å². The molecule has 1 aromatic rings. The minimum Gasteiger partial charge on any atom is -0.366 e. The molecule has 0 aromatic carbocycles. The van der Waals surface area contributed by atoms with Crippen LogP contribution in [0.25, 0.3) is 0 Å². The fraction of sp³-hybridized carbons (Fsp3) is 0.700. The minimum absolute atomic E-state index is 0.107. The Bertz CT molecular complexity index is 320. The van der Waals surface area contributed by atoms with Crippen LogP contribution in [0.1, 0.15) is 19.5 Å². The first-order valence-corrected chi connectivity index (χ1v) is 5.03. The van der Waals surface area contributed by atoms with E-state index < -0.39 is 12.8 Å². The third-order valence-corrected chi connectivity index (χ3v) is 1.76. The standard InChI is InChI=1S/C10H15F3N2O/c1-8(2)5-15-4-3-9(14-15)6-16-7-10(11,12)13/h3-4,8H,5-7H2,1-2H3. The molecule has 6 heteroatoms. The Labute approximate surface area is 92.2 Å². The van der Waals surface area contributed by atoms with Gasteiger partial charge in [0, 0.05) is 12.7 Å². The highest BCUT2D eigenvalue weighted by Crippen LogP contribution is 2.15. The summed E-state index contributed by atoms with van der Waals surface area (Å²) < 4.78 is 41.6. The predicted molar refractivity (Wildman–Crippen MR) is 52.8 cm³/mol. The number of rotatable bonds is 5. The Hall–Kier alpha value is -1.04. The number of nitrogens with zero attached hydrogens (tertiary/aromatic N) is 2. The van der Waals surface area contributed by atoms with E-state index in [1.807, 2.05) is 13.8 Å². The molecule has 0 N–H and O–H groups in total. The third kappa shape index (κ3) is 5.16. The van der Waals surface area contributed by atoms with Gasteiger partial charge in [0.05, 0.1) is 12.3 Å². The van der Waals surface area contributed by atoms with Crippen molar-refractivity contribution in [2.45, 2.75) is 33.2 Å². The topological polar surface area (TPSA) is 27.1 Å². The molecule has 3 nitrogen and oxygen atoms in total. The van der Waals surface area contributed by atoms with E-state index in [0.29, 0.717) is 11.6 Å². The van der Waals surface area contributed by atoms with Gasteiger partial charge in [-0.2, -0.15) is 18.3 Å². The van der Waals surface area contributed by atoms with Crippen LogP contribution in [-0.2, 0) is 17.9 Å². The van der Waals surface area contributed by atoms with Crippen LogP contribution in [0.2, 0.25) is 0 Å². The maximum atomic E-state index is 11.8. The molecule has 1 heterocycles. The molecule has 0 aliphatic heterocycles. The fourth-order valence-electron chi connectivity index (χ4n) is 1.23. The monoisotopic (exact) mass is 236 g/mol. The number of halogens is 3. The molecule has 0 aliphatic rings. The first-order valence-electron chi connectivity index (χ1n) is 5.03. The van der Waals surface area contributed by atoms with Crippen molar-refractivity contribution >= 4 is 0 Å². The van der Waals surface area contributed by atoms with E-state index in [1.165, 1.54) is 0 Å². The Morgan fingerprint density at radius 1 is 1.44 bits per heavy atom. The van der Waals surface area contributed by atoms with Crippen molar-refractivity contribution in [3.8, 4) is 0 Å². The van der Waals surface area contributed by atoms with Crippen LogP contribution in [0.3, 0.4) is 0 Å². The van der Waals surface area contributed by atoms with Gasteiger partial charge in [-0.25, -0.2) is 0 Å². The van der Waals surface area contributed by atoms with Crippen LogP contribution in [0.15, 0.2) is 12.3 Å². The average molecular weight is 236 g/mol. The van der Waals surface area contributed by atoms with Crippen molar-refractivity contribution in [2.75, 3.05) is 6.61 Å². The highest BCUT2D eigenvalue weighted by atomic mass is 19.4. The largest absolute Gasteiger partial charge is 0.411 e. The summed E-state index contributed by atoms with van der Waals surface area (Å²) in [7, 11) is 0. The molecule has 0 amide bonds. The Kier molecular flexibility index (Phi) is 4.35. The number of hydrogen-bond acceptors (Lipinski definition) is 2. The summed E-state index contributed by atoms with van der Waals surface area (Å²) in [6.45, 7) is 3.50. The molecule has 0 saturated carbocycles. The molecule has 0 unspecified atom stereocenters. The lowest BCUT2D eigenvalue weighted by Crippen LogP contribution is -2.16. The molecule has 0 radical (unpaired) electrons. The predicted octanol–water partition coefficient (Wildman–Crippen LogP) is 2.62. The van der Waals surface area contributed by atoms with Gasteiger partial charge in [-0.3, -0.25) is 4.68 Å². The van der Waals surface area contributed by atoms with Gasteiger partial charge in [0.1, 0.15) is 6.61 Å². The van der Waals surface area contributed by atoms with Crippen molar-refractivity contribution in [1.82, 2.24) is 9.78 Å². The third-order valence-electron chi connectivity index (χ3n) is 1.76. The Morgan fingerprint density at radius 3 is 2.69 bits per heavy atom. The van der Waals surface area contributed by atoms with Gasteiger partial charge in [-0.05, 0) is 12.0 Å². The molecule has 0 aliphatic carbocycles. The van der Waals surface area contributed by atoms with Gasteiger partial charge in [0.15, 0.2) is 0 Å². The lowest BCUT2D eigenvalue weighted by atomic mass is 10.2. The molecule has 0 bridgehead atoms. The Balaban J connectivity index is 2.35.